The molecule has 20 heavy (non-hydrogen) atoms. The summed E-state index contributed by atoms with van der Waals surface area (Å²) in [6.07, 6.45) is 0. The summed E-state index contributed by atoms with van der Waals surface area (Å²) in [4.78, 5) is 15.5. The number of nitrogens with one attached hydrogen (secondary N) is 1. The molecule has 2 aromatic rings. The first-order valence-electron chi connectivity index (χ1n) is 6.47. The van der Waals surface area contributed by atoms with E-state index < -0.39 is 5.91 Å². The summed E-state index contributed by atoms with van der Waals surface area (Å²) < 4.78 is 5.22. The van der Waals surface area contributed by atoms with Crippen molar-refractivity contribution in [2.75, 3.05) is 5.32 Å². The Morgan fingerprint density at radius 3 is 2.70 bits per heavy atom. The van der Waals surface area contributed by atoms with Crippen LogP contribution in [0.15, 0.2) is 28.8 Å². The largest absolute Gasteiger partial charge is 0.374 e. The molecule has 1 aromatic carbocycles. The molecular formula is C14H18N4O2. The molecule has 1 heterocycles. The zero-order chi connectivity index (χ0) is 14.7. The van der Waals surface area contributed by atoms with E-state index in [0.29, 0.717) is 17.3 Å². The Hall–Kier alpha value is -2.37. The van der Waals surface area contributed by atoms with Crippen molar-refractivity contribution in [2.45, 2.75) is 32.7 Å². The first-order chi connectivity index (χ1) is 9.47. The first kappa shape index (κ1) is 14.0. The molecule has 1 atom stereocenters. The standard InChI is InChI=1S/C14H18N4O2/c1-8(2)13-17-14(20-18-13)9(3)16-11-6-4-5-10(7-11)12(15)19/h4-9,16H,1-3H3,(H2,15,19)/t9-/m0/s1. The lowest BCUT2D eigenvalue weighted by atomic mass is 10.2. The summed E-state index contributed by atoms with van der Waals surface area (Å²) in [5.74, 6) is 0.955. The van der Waals surface area contributed by atoms with Crippen molar-refractivity contribution in [3.63, 3.8) is 0 Å². The summed E-state index contributed by atoms with van der Waals surface area (Å²) >= 11 is 0. The van der Waals surface area contributed by atoms with Gasteiger partial charge in [-0.05, 0) is 25.1 Å². The molecule has 0 aliphatic carbocycles. The summed E-state index contributed by atoms with van der Waals surface area (Å²) in [7, 11) is 0. The van der Waals surface area contributed by atoms with Crippen LogP contribution in [0.3, 0.4) is 0 Å². The molecule has 0 spiro atoms. The number of carbonyl (C=O) groups is 1. The highest BCUT2D eigenvalue weighted by Gasteiger charge is 2.16. The number of nitrogens with two attached hydrogens (primary N) is 1. The quantitative estimate of drug-likeness (QED) is 0.873. The molecule has 0 bridgehead atoms. The number of primary amides is 1. The van der Waals surface area contributed by atoms with Gasteiger partial charge < -0.3 is 15.6 Å². The van der Waals surface area contributed by atoms with Crippen molar-refractivity contribution in [2.24, 2.45) is 5.73 Å². The molecule has 0 radical (unpaired) electrons. The fourth-order valence-corrected chi connectivity index (χ4v) is 1.73. The molecule has 0 unspecified atom stereocenters. The second-order valence-electron chi connectivity index (χ2n) is 4.96. The van der Waals surface area contributed by atoms with E-state index in [2.05, 4.69) is 15.5 Å². The van der Waals surface area contributed by atoms with Gasteiger partial charge in [-0.3, -0.25) is 4.79 Å². The van der Waals surface area contributed by atoms with Gasteiger partial charge in [-0.25, -0.2) is 0 Å². The van der Waals surface area contributed by atoms with Gasteiger partial charge in [0.15, 0.2) is 5.82 Å². The molecule has 0 fully saturated rings. The Kier molecular flexibility index (Phi) is 4.02. The van der Waals surface area contributed by atoms with E-state index in [1.54, 1.807) is 18.2 Å². The summed E-state index contributed by atoms with van der Waals surface area (Å²) in [6.45, 7) is 5.92. The SMILES string of the molecule is CC(C)c1noc([C@H](C)Nc2cccc(C(N)=O)c2)n1. The van der Waals surface area contributed by atoms with Gasteiger partial charge >= 0.3 is 0 Å². The molecule has 0 aliphatic rings. The number of hydrogen-bond donors (Lipinski definition) is 2. The van der Waals surface area contributed by atoms with Crippen molar-refractivity contribution >= 4 is 11.6 Å². The molecule has 2 rings (SSSR count). The smallest absolute Gasteiger partial charge is 0.248 e. The Morgan fingerprint density at radius 1 is 1.35 bits per heavy atom. The number of anilines is 1. The van der Waals surface area contributed by atoms with Gasteiger partial charge in [0.2, 0.25) is 11.8 Å². The fourth-order valence-electron chi connectivity index (χ4n) is 1.73. The van der Waals surface area contributed by atoms with E-state index in [0.717, 1.165) is 5.69 Å². The third kappa shape index (κ3) is 3.14. The monoisotopic (exact) mass is 274 g/mol. The molecule has 1 amide bonds. The maximum Gasteiger partial charge on any atom is 0.248 e. The fraction of sp³-hybridized carbons (Fsp3) is 0.357. The second kappa shape index (κ2) is 5.73. The van der Waals surface area contributed by atoms with Gasteiger partial charge in [0.25, 0.3) is 0 Å². The van der Waals surface area contributed by atoms with Crippen LogP contribution in [-0.4, -0.2) is 16.0 Å². The molecule has 0 saturated carbocycles. The number of amides is 1. The van der Waals surface area contributed by atoms with Crippen molar-refractivity contribution in [3.8, 4) is 0 Å². The van der Waals surface area contributed by atoms with Crippen LogP contribution in [0.2, 0.25) is 0 Å². The van der Waals surface area contributed by atoms with Crippen molar-refractivity contribution in [1.29, 1.82) is 0 Å². The lowest BCUT2D eigenvalue weighted by Gasteiger charge is -2.11. The van der Waals surface area contributed by atoms with Gasteiger partial charge in [-0.15, -0.1) is 0 Å². The summed E-state index contributed by atoms with van der Waals surface area (Å²) in [6, 6.07) is 6.82. The van der Waals surface area contributed by atoms with Crippen molar-refractivity contribution < 1.29 is 9.32 Å². The minimum Gasteiger partial charge on any atom is -0.374 e. The number of rotatable bonds is 5. The van der Waals surface area contributed by atoms with Crippen LogP contribution in [0.25, 0.3) is 0 Å². The molecule has 6 nitrogen and oxygen atoms in total. The van der Waals surface area contributed by atoms with Crippen LogP contribution in [0.5, 0.6) is 0 Å². The Labute approximate surface area is 117 Å². The first-order valence-corrected chi connectivity index (χ1v) is 6.47. The van der Waals surface area contributed by atoms with Crippen molar-refractivity contribution in [1.82, 2.24) is 10.1 Å². The number of nitrogens with zero attached hydrogens (tertiary/aromatic N) is 2. The normalized spacial score (nSPS) is 12.4. The van der Waals surface area contributed by atoms with Crippen LogP contribution in [0.4, 0.5) is 5.69 Å². The topological polar surface area (TPSA) is 94.0 Å². The minimum absolute atomic E-state index is 0.155. The third-order valence-electron chi connectivity index (χ3n) is 2.87. The van der Waals surface area contributed by atoms with Gasteiger partial charge in [0, 0.05) is 17.2 Å². The number of hydrogen-bond acceptors (Lipinski definition) is 5. The average Bonchev–Trinajstić information content (AvgIpc) is 2.88. The van der Waals surface area contributed by atoms with Gasteiger partial charge in [0.05, 0.1) is 0 Å². The second-order valence-corrected chi connectivity index (χ2v) is 4.96. The van der Waals surface area contributed by atoms with Crippen LogP contribution in [0, 0.1) is 0 Å². The van der Waals surface area contributed by atoms with E-state index in [9.17, 15) is 4.79 Å². The average molecular weight is 274 g/mol. The number of benzene rings is 1. The molecule has 6 heteroatoms. The van der Waals surface area contributed by atoms with Crippen LogP contribution >= 0.6 is 0 Å². The maximum absolute atomic E-state index is 11.1. The maximum atomic E-state index is 11.1. The van der Waals surface area contributed by atoms with E-state index in [-0.39, 0.29) is 12.0 Å². The van der Waals surface area contributed by atoms with Gasteiger partial charge in [0.1, 0.15) is 6.04 Å². The predicted octanol–water partition coefficient (Wildman–Crippen LogP) is 2.46. The van der Waals surface area contributed by atoms with E-state index in [1.165, 1.54) is 0 Å². The van der Waals surface area contributed by atoms with Gasteiger partial charge in [-0.1, -0.05) is 25.1 Å². The molecular weight excluding hydrogens is 256 g/mol. The van der Waals surface area contributed by atoms with Crippen LogP contribution in [-0.2, 0) is 0 Å². The lowest BCUT2D eigenvalue weighted by Crippen LogP contribution is -2.12. The number of carbonyl (C=O) groups excluding carboxylic acids is 1. The molecule has 1 aromatic heterocycles. The highest BCUT2D eigenvalue weighted by Crippen LogP contribution is 2.20. The Morgan fingerprint density at radius 2 is 2.10 bits per heavy atom. The summed E-state index contributed by atoms with van der Waals surface area (Å²) in [5, 5.41) is 7.13. The van der Waals surface area contributed by atoms with Gasteiger partial charge in [-0.2, -0.15) is 4.98 Å². The van der Waals surface area contributed by atoms with E-state index >= 15 is 0 Å². The number of aromatic nitrogens is 2. The van der Waals surface area contributed by atoms with Crippen LogP contribution in [0.1, 0.15) is 54.8 Å². The highest BCUT2D eigenvalue weighted by molar-refractivity contribution is 5.93. The zero-order valence-electron chi connectivity index (χ0n) is 11.8. The molecule has 0 saturated heterocycles. The molecule has 106 valence electrons. The van der Waals surface area contributed by atoms with Crippen LogP contribution < -0.4 is 11.1 Å². The third-order valence-corrected chi connectivity index (χ3v) is 2.87. The Balaban J connectivity index is 2.12. The molecule has 0 aliphatic heterocycles. The van der Waals surface area contributed by atoms with Crippen molar-refractivity contribution in [3.05, 3.63) is 41.5 Å². The molecule has 3 N–H and O–H groups in total. The van der Waals surface area contributed by atoms with E-state index in [1.807, 2.05) is 26.8 Å². The minimum atomic E-state index is -0.457. The Bertz CT molecular complexity index is 607. The van der Waals surface area contributed by atoms with E-state index in [4.69, 9.17) is 10.3 Å². The summed E-state index contributed by atoms with van der Waals surface area (Å²) in [5.41, 5.74) is 6.48. The predicted molar refractivity (Wildman–Crippen MR) is 75.4 cm³/mol. The highest BCUT2D eigenvalue weighted by atomic mass is 16.5. The zero-order valence-corrected chi connectivity index (χ0v) is 11.8. The lowest BCUT2D eigenvalue weighted by molar-refractivity contribution is 0.100.